The standard InChI is InChI=1S/C10H18N2O/c1-2-10(13)8-12-5-3-9(7-11)4-6-12/h9-10,13H,2-6,8H2,1H3/t10-/m0/s1. The Morgan fingerprint density at radius 1 is 1.54 bits per heavy atom. The molecule has 0 aliphatic carbocycles. The Kier molecular flexibility index (Phi) is 4.20. The Hall–Kier alpha value is -0.590. The summed E-state index contributed by atoms with van der Waals surface area (Å²) in [4.78, 5) is 2.25. The van der Waals surface area contributed by atoms with Crippen LogP contribution in [0.15, 0.2) is 0 Å². The molecule has 0 unspecified atom stereocenters. The molecule has 1 aliphatic heterocycles. The Bertz CT molecular complexity index is 180. The smallest absolute Gasteiger partial charge is 0.0664 e. The van der Waals surface area contributed by atoms with E-state index in [1.54, 1.807) is 0 Å². The Labute approximate surface area is 80.0 Å². The normalized spacial score (nSPS) is 22.5. The largest absolute Gasteiger partial charge is 0.392 e. The van der Waals surface area contributed by atoms with Crippen molar-refractivity contribution in [2.24, 2.45) is 5.92 Å². The van der Waals surface area contributed by atoms with Crippen molar-refractivity contribution in [3.63, 3.8) is 0 Å². The highest BCUT2D eigenvalue weighted by Gasteiger charge is 2.19. The number of likely N-dealkylation sites (tertiary alicyclic amines) is 1. The first-order valence-corrected chi connectivity index (χ1v) is 5.06. The summed E-state index contributed by atoms with van der Waals surface area (Å²) >= 11 is 0. The van der Waals surface area contributed by atoms with E-state index < -0.39 is 0 Å². The topological polar surface area (TPSA) is 47.3 Å². The Morgan fingerprint density at radius 3 is 2.62 bits per heavy atom. The average Bonchev–Trinajstić information content (AvgIpc) is 2.19. The van der Waals surface area contributed by atoms with Gasteiger partial charge in [0, 0.05) is 12.5 Å². The number of nitriles is 1. The molecule has 0 spiro atoms. The van der Waals surface area contributed by atoms with Crippen molar-refractivity contribution in [1.82, 2.24) is 4.90 Å². The molecule has 13 heavy (non-hydrogen) atoms. The predicted octanol–water partition coefficient (Wildman–Crippen LogP) is 0.993. The van der Waals surface area contributed by atoms with Crippen molar-refractivity contribution in [1.29, 1.82) is 5.26 Å². The third-order valence-corrected chi connectivity index (χ3v) is 2.71. The minimum Gasteiger partial charge on any atom is -0.392 e. The van der Waals surface area contributed by atoms with Gasteiger partial charge >= 0.3 is 0 Å². The van der Waals surface area contributed by atoms with Gasteiger partial charge in [0.25, 0.3) is 0 Å². The van der Waals surface area contributed by atoms with Crippen LogP contribution in [-0.4, -0.2) is 35.7 Å². The van der Waals surface area contributed by atoms with Gasteiger partial charge in [-0.15, -0.1) is 0 Å². The lowest BCUT2D eigenvalue weighted by molar-refractivity contribution is 0.0926. The summed E-state index contributed by atoms with van der Waals surface area (Å²) in [6, 6.07) is 2.30. The van der Waals surface area contributed by atoms with E-state index in [4.69, 9.17) is 5.26 Å². The third-order valence-electron chi connectivity index (χ3n) is 2.71. The summed E-state index contributed by atoms with van der Waals surface area (Å²) in [6.45, 7) is 4.70. The minimum absolute atomic E-state index is 0.196. The van der Waals surface area contributed by atoms with Gasteiger partial charge in [0.15, 0.2) is 0 Å². The van der Waals surface area contributed by atoms with Gasteiger partial charge in [-0.2, -0.15) is 5.26 Å². The first kappa shape index (κ1) is 10.5. The van der Waals surface area contributed by atoms with Gasteiger partial charge in [-0.3, -0.25) is 0 Å². The first-order chi connectivity index (χ1) is 6.26. The van der Waals surface area contributed by atoms with E-state index in [2.05, 4.69) is 11.0 Å². The molecule has 0 amide bonds. The number of nitrogens with zero attached hydrogens (tertiary/aromatic N) is 2. The number of aliphatic hydroxyl groups is 1. The van der Waals surface area contributed by atoms with Crippen molar-refractivity contribution >= 4 is 0 Å². The van der Waals surface area contributed by atoms with Crippen LogP contribution in [0.1, 0.15) is 26.2 Å². The van der Waals surface area contributed by atoms with Crippen molar-refractivity contribution in [3.8, 4) is 6.07 Å². The minimum atomic E-state index is -0.196. The van der Waals surface area contributed by atoms with Crippen molar-refractivity contribution in [2.45, 2.75) is 32.3 Å². The van der Waals surface area contributed by atoms with Crippen LogP contribution in [0.5, 0.6) is 0 Å². The van der Waals surface area contributed by atoms with E-state index in [-0.39, 0.29) is 12.0 Å². The van der Waals surface area contributed by atoms with Crippen LogP contribution in [0, 0.1) is 17.2 Å². The lowest BCUT2D eigenvalue weighted by Gasteiger charge is -2.30. The molecule has 1 saturated heterocycles. The fourth-order valence-electron chi connectivity index (χ4n) is 1.67. The van der Waals surface area contributed by atoms with Crippen molar-refractivity contribution < 1.29 is 5.11 Å². The average molecular weight is 182 g/mol. The fraction of sp³-hybridized carbons (Fsp3) is 0.900. The maximum absolute atomic E-state index is 9.43. The fourth-order valence-corrected chi connectivity index (χ4v) is 1.67. The highest BCUT2D eigenvalue weighted by Crippen LogP contribution is 2.16. The zero-order chi connectivity index (χ0) is 9.68. The van der Waals surface area contributed by atoms with Gasteiger partial charge in [0.1, 0.15) is 0 Å². The molecule has 1 aliphatic rings. The summed E-state index contributed by atoms with van der Waals surface area (Å²) in [5.74, 6) is 0.245. The highest BCUT2D eigenvalue weighted by molar-refractivity contribution is 4.87. The van der Waals surface area contributed by atoms with Gasteiger partial charge in [-0.25, -0.2) is 0 Å². The van der Waals surface area contributed by atoms with Crippen LogP contribution in [0.4, 0.5) is 0 Å². The molecule has 0 aromatic carbocycles. The molecule has 3 nitrogen and oxygen atoms in total. The van der Waals surface area contributed by atoms with E-state index in [0.29, 0.717) is 0 Å². The molecule has 1 rings (SSSR count). The lowest BCUT2D eigenvalue weighted by atomic mass is 9.98. The van der Waals surface area contributed by atoms with E-state index in [9.17, 15) is 5.11 Å². The second kappa shape index (κ2) is 5.21. The quantitative estimate of drug-likeness (QED) is 0.708. The van der Waals surface area contributed by atoms with Gasteiger partial charge in [-0.05, 0) is 32.4 Å². The summed E-state index contributed by atoms with van der Waals surface area (Å²) in [5.41, 5.74) is 0. The molecule has 0 bridgehead atoms. The number of β-amino-alcohol motifs (C(OH)–C–C–N with tert-alkyl or cyclic N) is 1. The van der Waals surface area contributed by atoms with Crippen LogP contribution < -0.4 is 0 Å². The number of hydrogen-bond acceptors (Lipinski definition) is 3. The molecule has 3 heteroatoms. The molecular weight excluding hydrogens is 164 g/mol. The van der Waals surface area contributed by atoms with Crippen LogP contribution >= 0.6 is 0 Å². The molecule has 1 atom stereocenters. The van der Waals surface area contributed by atoms with Crippen LogP contribution in [-0.2, 0) is 0 Å². The van der Waals surface area contributed by atoms with Crippen molar-refractivity contribution in [2.75, 3.05) is 19.6 Å². The SMILES string of the molecule is CC[C@H](O)CN1CCC(C#N)CC1. The van der Waals surface area contributed by atoms with Crippen molar-refractivity contribution in [3.05, 3.63) is 0 Å². The maximum atomic E-state index is 9.43. The first-order valence-electron chi connectivity index (χ1n) is 5.06. The molecule has 0 aromatic rings. The Balaban J connectivity index is 2.22. The predicted molar refractivity (Wildman–Crippen MR) is 51.1 cm³/mol. The molecule has 1 N–H and O–H groups in total. The molecule has 1 fully saturated rings. The molecule has 1 heterocycles. The van der Waals surface area contributed by atoms with E-state index in [0.717, 1.165) is 38.9 Å². The Morgan fingerprint density at radius 2 is 2.15 bits per heavy atom. The number of rotatable bonds is 3. The lowest BCUT2D eigenvalue weighted by Crippen LogP contribution is -2.38. The molecule has 74 valence electrons. The van der Waals surface area contributed by atoms with Gasteiger partial charge < -0.3 is 10.0 Å². The molecule has 0 saturated carbocycles. The molecule has 0 radical (unpaired) electrons. The van der Waals surface area contributed by atoms with Gasteiger partial charge in [-0.1, -0.05) is 6.92 Å². The summed E-state index contributed by atoms with van der Waals surface area (Å²) in [5, 5.41) is 18.1. The van der Waals surface area contributed by atoms with E-state index in [1.807, 2.05) is 6.92 Å². The summed E-state index contributed by atoms with van der Waals surface area (Å²) in [6.07, 6.45) is 2.55. The number of hydrogen-bond donors (Lipinski definition) is 1. The third kappa shape index (κ3) is 3.33. The molecule has 0 aromatic heterocycles. The highest BCUT2D eigenvalue weighted by atomic mass is 16.3. The second-order valence-corrected chi connectivity index (χ2v) is 3.77. The second-order valence-electron chi connectivity index (χ2n) is 3.77. The van der Waals surface area contributed by atoms with Crippen LogP contribution in [0.25, 0.3) is 0 Å². The zero-order valence-corrected chi connectivity index (χ0v) is 8.24. The monoisotopic (exact) mass is 182 g/mol. The van der Waals surface area contributed by atoms with Gasteiger partial charge in [0.2, 0.25) is 0 Å². The molecular formula is C10H18N2O. The number of aliphatic hydroxyl groups excluding tert-OH is 1. The summed E-state index contributed by atoms with van der Waals surface area (Å²) < 4.78 is 0. The summed E-state index contributed by atoms with van der Waals surface area (Å²) in [7, 11) is 0. The van der Waals surface area contributed by atoms with E-state index >= 15 is 0 Å². The van der Waals surface area contributed by atoms with E-state index in [1.165, 1.54) is 0 Å². The maximum Gasteiger partial charge on any atom is 0.0664 e. The van der Waals surface area contributed by atoms with Crippen LogP contribution in [0.3, 0.4) is 0 Å². The number of piperidine rings is 1. The van der Waals surface area contributed by atoms with Crippen LogP contribution in [0.2, 0.25) is 0 Å². The van der Waals surface area contributed by atoms with Gasteiger partial charge in [0.05, 0.1) is 12.2 Å². The zero-order valence-electron chi connectivity index (χ0n) is 8.24.